The molecule has 0 amide bonds. The summed E-state index contributed by atoms with van der Waals surface area (Å²) in [5, 5.41) is 12.9. The Morgan fingerprint density at radius 2 is 1.73 bits per heavy atom. The molecule has 5 nitrogen and oxygen atoms in total. The van der Waals surface area contributed by atoms with Gasteiger partial charge in [-0.25, -0.2) is 4.39 Å². The Bertz CT molecular complexity index is 1430. The molecule has 1 spiro atoms. The number of ether oxygens (including phenoxy) is 2. The molecule has 3 aliphatic carbocycles. The molecule has 0 aromatic heterocycles. The number of benzene rings is 3. The molecule has 214 valence electrons. The molecular formula is C35H39FN2O3. The summed E-state index contributed by atoms with van der Waals surface area (Å²) in [5.74, 6) is 1.93. The zero-order chi connectivity index (χ0) is 27.8. The van der Waals surface area contributed by atoms with Crippen LogP contribution in [0.5, 0.6) is 11.5 Å². The van der Waals surface area contributed by atoms with Gasteiger partial charge in [-0.3, -0.25) is 9.80 Å². The predicted octanol–water partition coefficient (Wildman–Crippen LogP) is 5.28. The van der Waals surface area contributed by atoms with Crippen molar-refractivity contribution in [1.82, 2.24) is 9.80 Å². The summed E-state index contributed by atoms with van der Waals surface area (Å²) in [5.41, 5.74) is 1.97. The monoisotopic (exact) mass is 554 g/mol. The van der Waals surface area contributed by atoms with E-state index in [-0.39, 0.29) is 12.1 Å². The van der Waals surface area contributed by atoms with Crippen molar-refractivity contribution in [2.45, 2.75) is 80.6 Å². The van der Waals surface area contributed by atoms with E-state index in [9.17, 15) is 5.11 Å². The van der Waals surface area contributed by atoms with Crippen LogP contribution in [0.1, 0.15) is 47.9 Å². The number of halogens is 1. The summed E-state index contributed by atoms with van der Waals surface area (Å²) in [6.45, 7) is 2.39. The lowest BCUT2D eigenvalue weighted by Gasteiger charge is -2.65. The fraction of sp³-hybridized carbons (Fsp3) is 0.486. The number of likely N-dealkylation sites (N-methyl/N-ethyl adjacent to an activating group) is 1. The Labute approximate surface area is 241 Å². The van der Waals surface area contributed by atoms with Gasteiger partial charge in [-0.2, -0.15) is 0 Å². The van der Waals surface area contributed by atoms with E-state index in [2.05, 4.69) is 47.2 Å². The average Bonchev–Trinajstić information content (AvgIpc) is 3.72. The van der Waals surface area contributed by atoms with Crippen LogP contribution in [0.2, 0.25) is 0 Å². The third-order valence-electron chi connectivity index (χ3n) is 10.8. The van der Waals surface area contributed by atoms with Crippen LogP contribution in [-0.2, 0) is 25.0 Å². The van der Waals surface area contributed by atoms with Gasteiger partial charge < -0.3 is 14.6 Å². The second kappa shape index (κ2) is 9.55. The molecule has 0 radical (unpaired) electrons. The Kier molecular flexibility index (Phi) is 6.00. The van der Waals surface area contributed by atoms with Gasteiger partial charge in [-0.15, -0.1) is 0 Å². The van der Waals surface area contributed by atoms with Crippen molar-refractivity contribution in [3.63, 3.8) is 0 Å². The van der Waals surface area contributed by atoms with Gasteiger partial charge in [-0.1, -0.05) is 66.7 Å². The van der Waals surface area contributed by atoms with E-state index in [4.69, 9.17) is 9.47 Å². The first-order chi connectivity index (χ1) is 20.0. The summed E-state index contributed by atoms with van der Waals surface area (Å²) >= 11 is 0. The maximum Gasteiger partial charge on any atom is 0.166 e. The number of aliphatic hydroxyl groups is 1. The molecule has 8 rings (SSSR count). The standard InChI is InChI=1S/C35H39FN2O3/c1-37(19-23-8-4-2-5-9-23)27-16-17-34(39)30-18-26-14-15-28(40-22-25-10-6-3-7-11-25)32-31(26)35(34,33(27)41-32)29(36)21-38(30)20-24-12-13-24/h2-11,14-15,24,27,29-30,33,39H,12-13,16-22H2,1H3/t27-,29-,30+,33+,34-,35+/m1/s1. The molecule has 2 bridgehead atoms. The van der Waals surface area contributed by atoms with Gasteiger partial charge in [0.25, 0.3) is 0 Å². The minimum absolute atomic E-state index is 0.0373. The summed E-state index contributed by atoms with van der Waals surface area (Å²) in [7, 11) is 2.12. The molecule has 41 heavy (non-hydrogen) atoms. The van der Waals surface area contributed by atoms with Crippen molar-refractivity contribution >= 4 is 0 Å². The molecule has 6 heteroatoms. The third-order valence-corrected chi connectivity index (χ3v) is 10.8. The third kappa shape index (κ3) is 3.83. The minimum atomic E-state index is -1.23. The van der Waals surface area contributed by atoms with E-state index in [0.29, 0.717) is 37.0 Å². The number of hydrogen-bond acceptors (Lipinski definition) is 5. The maximum absolute atomic E-state index is 17.2. The second-order valence-corrected chi connectivity index (χ2v) is 13.1. The van der Waals surface area contributed by atoms with E-state index in [1.165, 1.54) is 18.4 Å². The van der Waals surface area contributed by atoms with Crippen LogP contribution in [-0.4, -0.2) is 65.0 Å². The smallest absolute Gasteiger partial charge is 0.166 e. The number of piperidine rings is 1. The van der Waals surface area contributed by atoms with E-state index in [1.54, 1.807) is 0 Å². The molecule has 6 atom stereocenters. The first kappa shape index (κ1) is 25.8. The highest BCUT2D eigenvalue weighted by Gasteiger charge is 2.77. The fourth-order valence-corrected chi connectivity index (χ4v) is 8.73. The number of alkyl halides is 1. The highest BCUT2D eigenvalue weighted by molar-refractivity contribution is 5.64. The topological polar surface area (TPSA) is 45.2 Å². The number of nitrogens with zero attached hydrogens (tertiary/aromatic N) is 2. The van der Waals surface area contributed by atoms with E-state index in [1.807, 2.05) is 42.5 Å². The van der Waals surface area contributed by atoms with Crippen molar-refractivity contribution in [2.75, 3.05) is 20.1 Å². The van der Waals surface area contributed by atoms with Gasteiger partial charge in [0.1, 0.15) is 24.3 Å². The fourth-order valence-electron chi connectivity index (χ4n) is 8.73. The zero-order valence-electron chi connectivity index (χ0n) is 23.7. The summed E-state index contributed by atoms with van der Waals surface area (Å²) in [4.78, 5) is 4.61. The predicted molar refractivity (Wildman–Crippen MR) is 156 cm³/mol. The van der Waals surface area contributed by atoms with Crippen LogP contribution in [0.4, 0.5) is 4.39 Å². The van der Waals surface area contributed by atoms with Gasteiger partial charge in [0.05, 0.1) is 5.60 Å². The van der Waals surface area contributed by atoms with Gasteiger partial charge in [0.2, 0.25) is 0 Å². The first-order valence-electron chi connectivity index (χ1n) is 15.3. The minimum Gasteiger partial charge on any atom is -0.485 e. The quantitative estimate of drug-likeness (QED) is 0.411. The SMILES string of the molecule is CN(Cc1ccccc1)[C@@H]1CC[C@@]2(O)[C@@H]3Cc4ccc(OCc5ccccc5)c5c4[C@@]2([C@H](F)CN3CC2CC2)[C@H]1O5. The van der Waals surface area contributed by atoms with Crippen molar-refractivity contribution in [2.24, 2.45) is 5.92 Å². The first-order valence-corrected chi connectivity index (χ1v) is 15.3. The number of hydrogen-bond donors (Lipinski definition) is 1. The van der Waals surface area contributed by atoms with E-state index < -0.39 is 23.3 Å². The molecule has 2 saturated carbocycles. The molecular weight excluding hydrogens is 515 g/mol. The Hall–Kier alpha value is -2.93. The lowest BCUT2D eigenvalue weighted by atomic mass is 9.47. The molecule has 0 unspecified atom stereocenters. The van der Waals surface area contributed by atoms with Crippen LogP contribution in [0.25, 0.3) is 0 Å². The number of rotatable bonds is 8. The summed E-state index contributed by atoms with van der Waals surface area (Å²) in [6.07, 6.45) is 2.75. The molecule has 3 fully saturated rings. The molecule has 3 aromatic rings. The highest BCUT2D eigenvalue weighted by Crippen LogP contribution is 2.66. The van der Waals surface area contributed by atoms with Gasteiger partial charge >= 0.3 is 0 Å². The highest BCUT2D eigenvalue weighted by atomic mass is 19.1. The van der Waals surface area contributed by atoms with E-state index >= 15 is 4.39 Å². The van der Waals surface area contributed by atoms with Gasteiger partial charge in [0, 0.05) is 37.3 Å². The average molecular weight is 555 g/mol. The van der Waals surface area contributed by atoms with Crippen molar-refractivity contribution < 1.29 is 19.0 Å². The zero-order valence-corrected chi connectivity index (χ0v) is 23.7. The normalized spacial score (nSPS) is 33.4. The lowest BCUT2D eigenvalue weighted by Crippen LogP contribution is -2.81. The molecule has 2 aliphatic heterocycles. The molecule has 5 aliphatic rings. The maximum atomic E-state index is 17.2. The van der Waals surface area contributed by atoms with Crippen LogP contribution in [0, 0.1) is 5.92 Å². The van der Waals surface area contributed by atoms with E-state index in [0.717, 1.165) is 42.6 Å². The Morgan fingerprint density at radius 3 is 2.46 bits per heavy atom. The molecule has 1 saturated heterocycles. The van der Waals surface area contributed by atoms with Gasteiger partial charge in [-0.05, 0) is 67.8 Å². The van der Waals surface area contributed by atoms with Crippen LogP contribution >= 0.6 is 0 Å². The summed E-state index contributed by atoms with van der Waals surface area (Å²) in [6, 6.07) is 24.5. The van der Waals surface area contributed by atoms with Crippen LogP contribution in [0.15, 0.2) is 72.8 Å². The number of likely N-dealkylation sites (tertiary alicyclic amines) is 1. The molecule has 2 heterocycles. The Balaban J connectivity index is 1.22. The Morgan fingerprint density at radius 1 is 1.00 bits per heavy atom. The van der Waals surface area contributed by atoms with Gasteiger partial charge in [0.15, 0.2) is 11.5 Å². The largest absolute Gasteiger partial charge is 0.485 e. The van der Waals surface area contributed by atoms with Crippen LogP contribution in [0.3, 0.4) is 0 Å². The van der Waals surface area contributed by atoms with Crippen molar-refractivity contribution in [3.8, 4) is 11.5 Å². The van der Waals surface area contributed by atoms with Crippen molar-refractivity contribution in [1.29, 1.82) is 0 Å². The molecule has 3 aromatic carbocycles. The summed E-state index contributed by atoms with van der Waals surface area (Å²) < 4.78 is 30.5. The van der Waals surface area contributed by atoms with Crippen molar-refractivity contribution in [3.05, 3.63) is 95.1 Å². The molecule has 1 N–H and O–H groups in total. The van der Waals surface area contributed by atoms with Crippen LogP contribution < -0.4 is 9.47 Å². The lowest BCUT2D eigenvalue weighted by molar-refractivity contribution is -0.224. The second-order valence-electron chi connectivity index (χ2n) is 13.1.